The highest BCUT2D eigenvalue weighted by atomic mass is 19.1. The highest BCUT2D eigenvalue weighted by Crippen LogP contribution is 2.22. The zero-order valence-corrected chi connectivity index (χ0v) is 22.8. The van der Waals surface area contributed by atoms with Gasteiger partial charge in [-0.2, -0.15) is 0 Å². The topological polar surface area (TPSA) is 12.0 Å². The SMILES string of the molecule is CCCCC(CC)CCNCC(C)CCC(CC)CCC.Fc1ccccc1-c1ccccc1. The Morgan fingerprint density at radius 3 is 1.97 bits per heavy atom. The Kier molecular flexibility index (Phi) is 17.5. The molecule has 192 valence electrons. The lowest BCUT2D eigenvalue weighted by atomic mass is 9.91. The molecule has 3 atom stereocenters. The van der Waals surface area contributed by atoms with Crippen LogP contribution in [0.2, 0.25) is 0 Å². The minimum atomic E-state index is -0.172. The van der Waals surface area contributed by atoms with Gasteiger partial charge in [0, 0.05) is 5.56 Å². The van der Waals surface area contributed by atoms with Crippen molar-refractivity contribution in [2.24, 2.45) is 17.8 Å². The van der Waals surface area contributed by atoms with Crippen molar-refractivity contribution in [3.05, 3.63) is 60.4 Å². The Hall–Kier alpha value is -1.67. The van der Waals surface area contributed by atoms with E-state index in [1.54, 1.807) is 12.1 Å². The van der Waals surface area contributed by atoms with Crippen LogP contribution in [0, 0.1) is 23.6 Å². The van der Waals surface area contributed by atoms with E-state index in [4.69, 9.17) is 0 Å². The standard InChI is InChI=1S/C20H43N.C12H9F/c1-6-10-12-20(9-4)15-16-21-17-18(5)13-14-19(8-3)11-7-2;13-12-9-5-4-8-11(12)10-6-2-1-3-7-10/h18-21H,6-17H2,1-5H3;1-9H. The van der Waals surface area contributed by atoms with Crippen molar-refractivity contribution in [3.63, 3.8) is 0 Å². The molecule has 0 fully saturated rings. The fourth-order valence-electron chi connectivity index (χ4n) is 4.60. The van der Waals surface area contributed by atoms with Crippen molar-refractivity contribution in [2.45, 2.75) is 98.8 Å². The average Bonchev–Trinajstić information content (AvgIpc) is 2.87. The second-order valence-corrected chi connectivity index (χ2v) is 10.0. The number of hydrogen-bond donors (Lipinski definition) is 1. The number of hydrogen-bond acceptors (Lipinski definition) is 1. The van der Waals surface area contributed by atoms with Gasteiger partial charge in [0.05, 0.1) is 0 Å². The van der Waals surface area contributed by atoms with Crippen LogP contribution in [0.15, 0.2) is 54.6 Å². The summed E-state index contributed by atoms with van der Waals surface area (Å²) >= 11 is 0. The molecule has 0 saturated carbocycles. The molecule has 1 nitrogen and oxygen atoms in total. The predicted molar refractivity (Wildman–Crippen MR) is 150 cm³/mol. The highest BCUT2D eigenvalue weighted by molar-refractivity contribution is 5.63. The first-order valence-electron chi connectivity index (χ1n) is 14.1. The molecule has 3 unspecified atom stereocenters. The van der Waals surface area contributed by atoms with Crippen molar-refractivity contribution in [2.75, 3.05) is 13.1 Å². The summed E-state index contributed by atoms with van der Waals surface area (Å²) in [5.41, 5.74) is 1.57. The lowest BCUT2D eigenvalue weighted by molar-refractivity contribution is 0.358. The third kappa shape index (κ3) is 13.3. The normalized spacial score (nSPS) is 13.6. The van der Waals surface area contributed by atoms with E-state index in [2.05, 4.69) is 39.9 Å². The van der Waals surface area contributed by atoms with E-state index in [0.29, 0.717) is 5.56 Å². The van der Waals surface area contributed by atoms with E-state index in [9.17, 15) is 4.39 Å². The molecule has 2 aromatic rings. The summed E-state index contributed by atoms with van der Waals surface area (Å²) in [5, 5.41) is 3.70. The second kappa shape index (κ2) is 19.6. The quantitative estimate of drug-likeness (QED) is 0.241. The van der Waals surface area contributed by atoms with Crippen molar-refractivity contribution >= 4 is 0 Å². The van der Waals surface area contributed by atoms with E-state index >= 15 is 0 Å². The molecule has 1 N–H and O–H groups in total. The molecule has 0 amide bonds. The Morgan fingerprint density at radius 2 is 1.35 bits per heavy atom. The first kappa shape index (κ1) is 30.4. The third-order valence-corrected chi connectivity index (χ3v) is 7.07. The van der Waals surface area contributed by atoms with Gasteiger partial charge in [-0.3, -0.25) is 0 Å². The van der Waals surface area contributed by atoms with Gasteiger partial charge in [0.15, 0.2) is 0 Å². The summed E-state index contributed by atoms with van der Waals surface area (Å²) in [6, 6.07) is 16.3. The Balaban J connectivity index is 0.000000375. The summed E-state index contributed by atoms with van der Waals surface area (Å²) in [7, 11) is 0. The van der Waals surface area contributed by atoms with Gasteiger partial charge < -0.3 is 5.32 Å². The maximum atomic E-state index is 13.3. The molecular formula is C32H52FN. The Bertz CT molecular complexity index is 714. The lowest BCUT2D eigenvalue weighted by Crippen LogP contribution is -2.24. The van der Waals surface area contributed by atoms with Gasteiger partial charge in [-0.25, -0.2) is 4.39 Å². The minimum absolute atomic E-state index is 0.172. The van der Waals surface area contributed by atoms with Crippen LogP contribution in [0.25, 0.3) is 11.1 Å². The molecule has 0 saturated heterocycles. The number of unbranched alkanes of at least 4 members (excludes halogenated alkanes) is 1. The predicted octanol–water partition coefficient (Wildman–Crippen LogP) is 9.92. The van der Waals surface area contributed by atoms with Gasteiger partial charge in [-0.15, -0.1) is 0 Å². The zero-order chi connectivity index (χ0) is 25.0. The van der Waals surface area contributed by atoms with Gasteiger partial charge in [-0.05, 0) is 55.3 Å². The van der Waals surface area contributed by atoms with Crippen LogP contribution >= 0.6 is 0 Å². The lowest BCUT2D eigenvalue weighted by Gasteiger charge is -2.19. The van der Waals surface area contributed by atoms with Crippen LogP contribution in [0.3, 0.4) is 0 Å². The van der Waals surface area contributed by atoms with Crippen molar-refractivity contribution < 1.29 is 4.39 Å². The van der Waals surface area contributed by atoms with E-state index in [0.717, 1.165) is 23.3 Å². The first-order valence-corrected chi connectivity index (χ1v) is 14.1. The van der Waals surface area contributed by atoms with Crippen molar-refractivity contribution in [1.29, 1.82) is 0 Å². The van der Waals surface area contributed by atoms with E-state index in [1.165, 1.54) is 83.4 Å². The first-order chi connectivity index (χ1) is 16.5. The molecule has 0 bridgehead atoms. The van der Waals surface area contributed by atoms with Crippen molar-refractivity contribution in [3.8, 4) is 11.1 Å². The number of halogens is 1. The molecule has 0 spiro atoms. The number of nitrogens with one attached hydrogen (secondary N) is 1. The van der Waals surface area contributed by atoms with E-state index < -0.39 is 0 Å². The molecule has 34 heavy (non-hydrogen) atoms. The molecule has 2 rings (SSSR count). The molecular weight excluding hydrogens is 417 g/mol. The van der Waals surface area contributed by atoms with Gasteiger partial charge in [0.1, 0.15) is 5.82 Å². The van der Waals surface area contributed by atoms with Crippen LogP contribution in [0.5, 0.6) is 0 Å². The summed E-state index contributed by atoms with van der Waals surface area (Å²) < 4.78 is 13.3. The Morgan fingerprint density at radius 1 is 0.706 bits per heavy atom. The molecule has 0 heterocycles. The Labute approximate surface area is 211 Å². The number of benzene rings is 2. The summed E-state index contributed by atoms with van der Waals surface area (Å²) in [4.78, 5) is 0. The maximum absolute atomic E-state index is 13.3. The van der Waals surface area contributed by atoms with Crippen LogP contribution in [-0.2, 0) is 0 Å². The van der Waals surface area contributed by atoms with Gasteiger partial charge in [0.2, 0.25) is 0 Å². The summed E-state index contributed by atoms with van der Waals surface area (Å²) in [6.07, 6.45) is 13.9. The second-order valence-electron chi connectivity index (χ2n) is 10.0. The summed E-state index contributed by atoms with van der Waals surface area (Å²) in [6.45, 7) is 14.2. The van der Waals surface area contributed by atoms with Crippen molar-refractivity contribution in [1.82, 2.24) is 5.32 Å². The van der Waals surface area contributed by atoms with Crippen LogP contribution in [0.4, 0.5) is 4.39 Å². The molecule has 0 aromatic heterocycles. The number of rotatable bonds is 16. The maximum Gasteiger partial charge on any atom is 0.131 e. The van der Waals surface area contributed by atoms with Gasteiger partial charge in [0.25, 0.3) is 0 Å². The van der Waals surface area contributed by atoms with Crippen LogP contribution in [0.1, 0.15) is 98.8 Å². The molecule has 0 aliphatic heterocycles. The fraction of sp³-hybridized carbons (Fsp3) is 0.625. The molecule has 2 heteroatoms. The highest BCUT2D eigenvalue weighted by Gasteiger charge is 2.09. The smallest absolute Gasteiger partial charge is 0.131 e. The molecule has 0 aliphatic rings. The molecule has 0 aliphatic carbocycles. The fourth-order valence-corrected chi connectivity index (χ4v) is 4.60. The molecule has 0 radical (unpaired) electrons. The third-order valence-electron chi connectivity index (χ3n) is 7.07. The van der Waals surface area contributed by atoms with E-state index in [-0.39, 0.29) is 5.82 Å². The monoisotopic (exact) mass is 469 g/mol. The average molecular weight is 470 g/mol. The largest absolute Gasteiger partial charge is 0.316 e. The summed E-state index contributed by atoms with van der Waals surface area (Å²) in [5.74, 6) is 2.58. The van der Waals surface area contributed by atoms with Crippen LogP contribution < -0.4 is 5.32 Å². The zero-order valence-electron chi connectivity index (χ0n) is 22.8. The minimum Gasteiger partial charge on any atom is -0.316 e. The molecule has 2 aromatic carbocycles. The van der Waals surface area contributed by atoms with E-state index in [1.807, 2.05) is 36.4 Å². The van der Waals surface area contributed by atoms with Gasteiger partial charge in [-0.1, -0.05) is 135 Å². The van der Waals surface area contributed by atoms with Crippen LogP contribution in [-0.4, -0.2) is 13.1 Å². The van der Waals surface area contributed by atoms with Gasteiger partial charge >= 0.3 is 0 Å².